The van der Waals surface area contributed by atoms with Gasteiger partial charge in [-0.25, -0.2) is 0 Å². The molecule has 0 amide bonds. The van der Waals surface area contributed by atoms with Crippen molar-refractivity contribution in [2.45, 2.75) is 13.3 Å². The normalized spacial score (nSPS) is 9.06. The molecule has 0 saturated heterocycles. The van der Waals surface area contributed by atoms with Crippen molar-refractivity contribution in [3.05, 3.63) is 39.4 Å². The minimum atomic E-state index is -0.491. The number of aryl methyl sites for hydroxylation is 1. The number of methoxy groups -OCH3 is 1. The van der Waals surface area contributed by atoms with E-state index in [4.69, 9.17) is 0 Å². The van der Waals surface area contributed by atoms with Crippen LogP contribution in [0.5, 0.6) is 0 Å². The third kappa shape index (κ3) is 3.31. The summed E-state index contributed by atoms with van der Waals surface area (Å²) in [6.07, 6.45) is -0.0814. The number of hydrogen-bond donors (Lipinski definition) is 0. The lowest BCUT2D eigenvalue weighted by molar-refractivity contribution is -0.385. The van der Waals surface area contributed by atoms with Crippen LogP contribution in [0.4, 0.5) is 5.69 Å². The van der Waals surface area contributed by atoms with Gasteiger partial charge in [0, 0.05) is 6.07 Å². The highest BCUT2D eigenvalue weighted by Crippen LogP contribution is 2.20. The van der Waals surface area contributed by atoms with Gasteiger partial charge in [-0.3, -0.25) is 14.9 Å². The molecule has 1 aromatic carbocycles. The molecule has 0 atom stereocenters. The SMILES string of the molecule is COC(=O)CC#Cc1c(C)cccc1[N+](=O)[O-]. The molecule has 5 nitrogen and oxygen atoms in total. The zero-order chi connectivity index (χ0) is 12.8. The molecule has 0 fully saturated rings. The number of nitrogens with zero attached hydrogens (tertiary/aromatic N) is 1. The molecule has 1 rings (SSSR count). The molecular formula is C12H11NO4. The van der Waals surface area contributed by atoms with Crippen LogP contribution in [-0.2, 0) is 9.53 Å². The summed E-state index contributed by atoms with van der Waals surface area (Å²) >= 11 is 0. The number of nitro benzene ring substituents is 1. The topological polar surface area (TPSA) is 69.4 Å². The van der Waals surface area contributed by atoms with Crippen LogP contribution in [0.15, 0.2) is 18.2 Å². The monoisotopic (exact) mass is 233 g/mol. The van der Waals surface area contributed by atoms with Gasteiger partial charge in [0.2, 0.25) is 0 Å². The quantitative estimate of drug-likeness (QED) is 0.338. The van der Waals surface area contributed by atoms with Crippen molar-refractivity contribution in [1.82, 2.24) is 0 Å². The van der Waals surface area contributed by atoms with E-state index in [9.17, 15) is 14.9 Å². The molecule has 0 spiro atoms. The first-order valence-electron chi connectivity index (χ1n) is 4.86. The molecule has 88 valence electrons. The second kappa shape index (κ2) is 5.66. The van der Waals surface area contributed by atoms with E-state index in [2.05, 4.69) is 16.6 Å². The van der Waals surface area contributed by atoms with Gasteiger partial charge < -0.3 is 4.74 Å². The van der Waals surface area contributed by atoms with E-state index in [0.29, 0.717) is 11.1 Å². The summed E-state index contributed by atoms with van der Waals surface area (Å²) in [4.78, 5) is 21.1. The number of benzene rings is 1. The molecule has 17 heavy (non-hydrogen) atoms. The highest BCUT2D eigenvalue weighted by Gasteiger charge is 2.12. The molecule has 0 aliphatic carbocycles. The van der Waals surface area contributed by atoms with Gasteiger partial charge in [0.15, 0.2) is 0 Å². The maximum Gasteiger partial charge on any atom is 0.317 e. The fraction of sp³-hybridized carbons (Fsp3) is 0.250. The summed E-state index contributed by atoms with van der Waals surface area (Å²) in [6.45, 7) is 1.73. The van der Waals surface area contributed by atoms with Gasteiger partial charge in [0.1, 0.15) is 12.0 Å². The van der Waals surface area contributed by atoms with Crippen molar-refractivity contribution in [3.8, 4) is 11.8 Å². The predicted octanol–water partition coefficient (Wildman–Crippen LogP) is 1.82. The Morgan fingerprint density at radius 3 is 2.82 bits per heavy atom. The molecule has 0 aliphatic rings. The number of hydrogen-bond acceptors (Lipinski definition) is 4. The molecule has 0 unspecified atom stereocenters. The molecule has 0 saturated carbocycles. The summed E-state index contributed by atoms with van der Waals surface area (Å²) in [5.41, 5.74) is 0.986. The predicted molar refractivity (Wildman–Crippen MR) is 61.3 cm³/mol. The van der Waals surface area contributed by atoms with Gasteiger partial charge in [-0.2, -0.15) is 0 Å². The first kappa shape index (κ1) is 12.7. The van der Waals surface area contributed by atoms with Gasteiger partial charge >= 0.3 is 5.97 Å². The second-order valence-electron chi connectivity index (χ2n) is 3.28. The van der Waals surface area contributed by atoms with Crippen LogP contribution in [-0.4, -0.2) is 18.0 Å². The summed E-state index contributed by atoms with van der Waals surface area (Å²) < 4.78 is 4.42. The number of carbonyl (C=O) groups excluding carboxylic acids is 1. The molecule has 1 aromatic rings. The Balaban J connectivity index is 3.04. The zero-order valence-electron chi connectivity index (χ0n) is 9.52. The van der Waals surface area contributed by atoms with Gasteiger partial charge in [-0.05, 0) is 12.5 Å². The number of rotatable bonds is 2. The number of carbonyl (C=O) groups is 1. The average Bonchev–Trinajstić information content (AvgIpc) is 2.30. The van der Waals surface area contributed by atoms with Gasteiger partial charge in [0.25, 0.3) is 5.69 Å². The van der Waals surface area contributed by atoms with E-state index in [-0.39, 0.29) is 12.1 Å². The van der Waals surface area contributed by atoms with Crippen LogP contribution in [0, 0.1) is 28.9 Å². The molecule has 0 bridgehead atoms. The van der Waals surface area contributed by atoms with Crippen LogP contribution < -0.4 is 0 Å². The van der Waals surface area contributed by atoms with Crippen LogP contribution in [0.2, 0.25) is 0 Å². The van der Waals surface area contributed by atoms with Crippen molar-refractivity contribution < 1.29 is 14.5 Å². The lowest BCUT2D eigenvalue weighted by Gasteiger charge is -1.98. The van der Waals surface area contributed by atoms with Crippen molar-refractivity contribution >= 4 is 11.7 Å². The van der Waals surface area contributed by atoms with E-state index < -0.39 is 10.9 Å². The fourth-order valence-corrected chi connectivity index (χ4v) is 1.24. The summed E-state index contributed by atoms with van der Waals surface area (Å²) in [6, 6.07) is 4.71. The third-order valence-corrected chi connectivity index (χ3v) is 2.12. The Morgan fingerprint density at radius 2 is 2.24 bits per heavy atom. The Hall–Kier alpha value is -2.35. The van der Waals surface area contributed by atoms with Gasteiger partial charge in [-0.15, -0.1) is 0 Å². The largest absolute Gasteiger partial charge is 0.468 e. The van der Waals surface area contributed by atoms with E-state index in [1.807, 2.05) is 0 Å². The Morgan fingerprint density at radius 1 is 1.53 bits per heavy atom. The third-order valence-electron chi connectivity index (χ3n) is 2.12. The van der Waals surface area contributed by atoms with Crippen molar-refractivity contribution in [3.63, 3.8) is 0 Å². The van der Waals surface area contributed by atoms with E-state index in [0.717, 1.165) is 0 Å². The minimum Gasteiger partial charge on any atom is -0.468 e. The standard InChI is InChI=1S/C12H11NO4/c1-9-5-3-7-11(13(15)16)10(9)6-4-8-12(14)17-2/h3,5,7H,8H2,1-2H3. The molecule has 0 aliphatic heterocycles. The summed E-state index contributed by atoms with van der Waals surface area (Å²) in [7, 11) is 1.26. The van der Waals surface area contributed by atoms with Crippen LogP contribution in [0.25, 0.3) is 0 Å². The first-order valence-corrected chi connectivity index (χ1v) is 4.86. The smallest absolute Gasteiger partial charge is 0.317 e. The molecule has 0 heterocycles. The lowest BCUT2D eigenvalue weighted by Crippen LogP contribution is -1.98. The molecule has 0 aromatic heterocycles. The Bertz CT molecular complexity index is 511. The molecule has 5 heteroatoms. The second-order valence-corrected chi connectivity index (χ2v) is 3.28. The lowest BCUT2D eigenvalue weighted by atomic mass is 10.1. The van der Waals surface area contributed by atoms with Crippen LogP contribution in [0.1, 0.15) is 17.5 Å². The summed E-state index contributed by atoms with van der Waals surface area (Å²) in [5.74, 6) is 4.73. The number of ether oxygens (including phenoxy) is 1. The van der Waals surface area contributed by atoms with E-state index in [1.54, 1.807) is 19.1 Å². The van der Waals surface area contributed by atoms with E-state index in [1.165, 1.54) is 13.2 Å². The zero-order valence-corrected chi connectivity index (χ0v) is 9.52. The van der Waals surface area contributed by atoms with Crippen molar-refractivity contribution in [2.75, 3.05) is 7.11 Å². The summed E-state index contributed by atoms with van der Waals surface area (Å²) in [5, 5.41) is 10.8. The van der Waals surface area contributed by atoms with Crippen LogP contribution in [0.3, 0.4) is 0 Å². The maximum atomic E-state index is 10.8. The highest BCUT2D eigenvalue weighted by atomic mass is 16.6. The minimum absolute atomic E-state index is 0.0534. The first-order chi connectivity index (χ1) is 8.06. The maximum absolute atomic E-state index is 10.8. The Labute approximate surface area is 98.5 Å². The van der Waals surface area contributed by atoms with Crippen molar-refractivity contribution in [1.29, 1.82) is 0 Å². The van der Waals surface area contributed by atoms with Crippen molar-refractivity contribution in [2.24, 2.45) is 0 Å². The van der Waals surface area contributed by atoms with Crippen LogP contribution >= 0.6 is 0 Å². The number of esters is 1. The highest BCUT2D eigenvalue weighted by molar-refractivity contribution is 5.72. The molecular weight excluding hydrogens is 222 g/mol. The van der Waals surface area contributed by atoms with Gasteiger partial charge in [-0.1, -0.05) is 24.0 Å². The molecule has 0 N–H and O–H groups in total. The van der Waals surface area contributed by atoms with E-state index >= 15 is 0 Å². The van der Waals surface area contributed by atoms with Gasteiger partial charge in [0.05, 0.1) is 12.0 Å². The molecule has 0 radical (unpaired) electrons. The average molecular weight is 233 g/mol. The number of nitro groups is 1. The fourth-order valence-electron chi connectivity index (χ4n) is 1.24. The Kier molecular flexibility index (Phi) is 4.23.